The van der Waals surface area contributed by atoms with Crippen molar-refractivity contribution in [2.75, 3.05) is 6.61 Å². The van der Waals surface area contributed by atoms with E-state index in [0.29, 0.717) is 12.2 Å². The van der Waals surface area contributed by atoms with E-state index in [1.54, 1.807) is 25.1 Å². The molecule has 0 bridgehead atoms. The van der Waals surface area contributed by atoms with E-state index in [2.05, 4.69) is 12.1 Å². The minimum absolute atomic E-state index is 0.0931. The van der Waals surface area contributed by atoms with E-state index in [0.717, 1.165) is 11.1 Å². The molecular formula is C20H18N2O2. The first-order chi connectivity index (χ1) is 11.7. The zero-order chi connectivity index (χ0) is 17.4. The van der Waals surface area contributed by atoms with Crippen molar-refractivity contribution >= 4 is 5.97 Å². The van der Waals surface area contributed by atoms with Crippen molar-refractivity contribution in [3.8, 4) is 12.1 Å². The first-order valence-electron chi connectivity index (χ1n) is 7.79. The van der Waals surface area contributed by atoms with Gasteiger partial charge in [0.1, 0.15) is 0 Å². The van der Waals surface area contributed by atoms with Crippen molar-refractivity contribution in [1.82, 2.24) is 0 Å². The highest BCUT2D eigenvalue weighted by Crippen LogP contribution is 2.36. The number of nitriles is 2. The Balaban J connectivity index is 2.43. The summed E-state index contributed by atoms with van der Waals surface area (Å²) < 4.78 is 5.07. The quantitative estimate of drug-likeness (QED) is 0.757. The number of hydrogen-bond acceptors (Lipinski definition) is 4. The SMILES string of the molecule is CCOC(=O)CC(c1cccc(C#N)c1)C(C#N)c1ccccc1. The molecule has 0 aliphatic carbocycles. The first-order valence-corrected chi connectivity index (χ1v) is 7.79. The summed E-state index contributed by atoms with van der Waals surface area (Å²) in [5, 5.41) is 18.8. The fourth-order valence-electron chi connectivity index (χ4n) is 2.72. The molecule has 4 heteroatoms. The number of carbonyl (C=O) groups is 1. The lowest BCUT2D eigenvalue weighted by atomic mass is 9.80. The number of hydrogen-bond donors (Lipinski definition) is 0. The molecule has 0 radical (unpaired) electrons. The molecule has 0 saturated carbocycles. The fourth-order valence-corrected chi connectivity index (χ4v) is 2.72. The van der Waals surface area contributed by atoms with Crippen LogP contribution in [0.25, 0.3) is 0 Å². The van der Waals surface area contributed by atoms with Crippen LogP contribution in [-0.2, 0) is 9.53 Å². The van der Waals surface area contributed by atoms with Gasteiger partial charge in [-0.2, -0.15) is 10.5 Å². The highest BCUT2D eigenvalue weighted by atomic mass is 16.5. The van der Waals surface area contributed by atoms with Crippen LogP contribution in [0.2, 0.25) is 0 Å². The van der Waals surface area contributed by atoms with E-state index in [1.165, 1.54) is 0 Å². The average Bonchev–Trinajstić information content (AvgIpc) is 2.62. The summed E-state index contributed by atoms with van der Waals surface area (Å²) >= 11 is 0. The molecule has 2 atom stereocenters. The van der Waals surface area contributed by atoms with Crippen molar-refractivity contribution in [1.29, 1.82) is 10.5 Å². The van der Waals surface area contributed by atoms with Crippen LogP contribution in [0, 0.1) is 22.7 Å². The fraction of sp³-hybridized carbons (Fsp3) is 0.250. The van der Waals surface area contributed by atoms with Crippen molar-refractivity contribution in [2.24, 2.45) is 0 Å². The average molecular weight is 318 g/mol. The van der Waals surface area contributed by atoms with Gasteiger partial charge in [0.05, 0.1) is 36.6 Å². The van der Waals surface area contributed by atoms with Gasteiger partial charge in [-0.1, -0.05) is 42.5 Å². The minimum atomic E-state index is -0.496. The van der Waals surface area contributed by atoms with Crippen molar-refractivity contribution in [3.63, 3.8) is 0 Å². The second-order valence-electron chi connectivity index (χ2n) is 5.37. The predicted octanol–water partition coefficient (Wildman–Crippen LogP) is 3.90. The van der Waals surface area contributed by atoms with Crippen molar-refractivity contribution in [2.45, 2.75) is 25.2 Å². The zero-order valence-electron chi connectivity index (χ0n) is 13.5. The van der Waals surface area contributed by atoms with Gasteiger partial charge in [0.2, 0.25) is 0 Å². The molecule has 0 N–H and O–H groups in total. The lowest BCUT2D eigenvalue weighted by Gasteiger charge is -2.22. The number of esters is 1. The molecule has 2 unspecified atom stereocenters. The van der Waals surface area contributed by atoms with Crippen LogP contribution in [0.5, 0.6) is 0 Å². The van der Waals surface area contributed by atoms with Crippen LogP contribution in [0.1, 0.15) is 41.9 Å². The third kappa shape index (κ3) is 4.21. The van der Waals surface area contributed by atoms with E-state index in [-0.39, 0.29) is 18.3 Å². The molecule has 0 saturated heterocycles. The van der Waals surface area contributed by atoms with Gasteiger partial charge in [-0.3, -0.25) is 4.79 Å². The largest absolute Gasteiger partial charge is 0.466 e. The van der Waals surface area contributed by atoms with Crippen LogP contribution < -0.4 is 0 Å². The Morgan fingerprint density at radius 3 is 2.42 bits per heavy atom. The van der Waals surface area contributed by atoms with E-state index in [9.17, 15) is 10.1 Å². The van der Waals surface area contributed by atoms with Gasteiger partial charge in [-0.25, -0.2) is 0 Å². The smallest absolute Gasteiger partial charge is 0.306 e. The summed E-state index contributed by atoms with van der Waals surface area (Å²) in [6.07, 6.45) is 0.0931. The van der Waals surface area contributed by atoms with E-state index >= 15 is 0 Å². The molecule has 120 valence electrons. The molecule has 2 aromatic rings. The summed E-state index contributed by atoms with van der Waals surface area (Å²) in [7, 11) is 0. The summed E-state index contributed by atoms with van der Waals surface area (Å²) in [5.41, 5.74) is 2.14. The van der Waals surface area contributed by atoms with Crippen LogP contribution in [-0.4, -0.2) is 12.6 Å². The van der Waals surface area contributed by atoms with Gasteiger partial charge in [-0.05, 0) is 30.2 Å². The summed E-state index contributed by atoms with van der Waals surface area (Å²) in [6.45, 7) is 2.05. The molecule has 0 aliphatic heterocycles. The number of rotatable bonds is 6. The lowest BCUT2D eigenvalue weighted by molar-refractivity contribution is -0.143. The Labute approximate surface area is 141 Å². The highest BCUT2D eigenvalue weighted by Gasteiger charge is 2.28. The molecule has 0 fully saturated rings. The number of nitrogens with zero attached hydrogens (tertiary/aromatic N) is 2. The maximum absolute atomic E-state index is 12.0. The standard InChI is InChI=1S/C20H18N2O2/c1-2-24-20(23)12-18(17-10-6-7-15(11-17)13-21)19(14-22)16-8-4-3-5-9-16/h3-11,18-19H,2,12H2,1H3. The molecule has 2 rings (SSSR count). The maximum atomic E-state index is 12.0. The van der Waals surface area contributed by atoms with Gasteiger partial charge < -0.3 is 4.74 Å². The summed E-state index contributed by atoms with van der Waals surface area (Å²) in [5.74, 6) is -1.21. The van der Waals surface area contributed by atoms with Gasteiger partial charge in [0.15, 0.2) is 0 Å². The monoisotopic (exact) mass is 318 g/mol. The van der Waals surface area contributed by atoms with E-state index in [1.807, 2.05) is 36.4 Å². The maximum Gasteiger partial charge on any atom is 0.306 e. The molecule has 4 nitrogen and oxygen atoms in total. The predicted molar refractivity (Wildman–Crippen MR) is 89.9 cm³/mol. The molecule has 0 aliphatic rings. The van der Waals surface area contributed by atoms with Gasteiger partial charge in [0.25, 0.3) is 0 Å². The molecular weight excluding hydrogens is 300 g/mol. The highest BCUT2D eigenvalue weighted by molar-refractivity contribution is 5.71. The Morgan fingerprint density at radius 2 is 1.79 bits per heavy atom. The van der Waals surface area contributed by atoms with Crippen molar-refractivity contribution < 1.29 is 9.53 Å². The van der Waals surface area contributed by atoms with Crippen molar-refractivity contribution in [3.05, 3.63) is 71.3 Å². The van der Waals surface area contributed by atoms with Gasteiger partial charge in [-0.15, -0.1) is 0 Å². The normalized spacial score (nSPS) is 12.5. The Hall–Kier alpha value is -3.11. The summed E-state index contributed by atoms with van der Waals surface area (Å²) in [6, 6.07) is 20.8. The van der Waals surface area contributed by atoms with Gasteiger partial charge in [0, 0.05) is 5.92 Å². The van der Waals surface area contributed by atoms with Crippen LogP contribution in [0.3, 0.4) is 0 Å². The van der Waals surface area contributed by atoms with E-state index < -0.39 is 5.92 Å². The molecule has 2 aromatic carbocycles. The molecule has 0 spiro atoms. The lowest BCUT2D eigenvalue weighted by Crippen LogP contribution is -2.16. The molecule has 0 heterocycles. The minimum Gasteiger partial charge on any atom is -0.466 e. The molecule has 24 heavy (non-hydrogen) atoms. The molecule has 0 amide bonds. The van der Waals surface area contributed by atoms with Gasteiger partial charge >= 0.3 is 5.97 Å². The Bertz CT molecular complexity index is 772. The first kappa shape index (κ1) is 17.2. The zero-order valence-corrected chi connectivity index (χ0v) is 13.5. The second-order valence-corrected chi connectivity index (χ2v) is 5.37. The number of ether oxygens (including phenoxy) is 1. The van der Waals surface area contributed by atoms with Crippen LogP contribution in [0.4, 0.5) is 0 Å². The third-order valence-electron chi connectivity index (χ3n) is 3.84. The molecule has 0 aromatic heterocycles. The van der Waals surface area contributed by atoms with E-state index in [4.69, 9.17) is 10.00 Å². The van der Waals surface area contributed by atoms with Crippen LogP contribution in [0.15, 0.2) is 54.6 Å². The topological polar surface area (TPSA) is 73.9 Å². The Kier molecular flexibility index (Phi) is 6.11. The number of carbonyl (C=O) groups excluding carboxylic acids is 1. The summed E-state index contributed by atoms with van der Waals surface area (Å²) in [4.78, 5) is 12.0. The second kappa shape index (κ2) is 8.50. The Morgan fingerprint density at radius 1 is 1.08 bits per heavy atom. The third-order valence-corrected chi connectivity index (χ3v) is 3.84. The number of benzene rings is 2. The van der Waals surface area contributed by atoms with Crippen LogP contribution >= 0.6 is 0 Å².